The maximum atomic E-state index is 14.4. The standard InChI is InChI=1S/C15H19FN2O2/c1-8-5-13-14-10(3-4-18(13)9(8)2)6-11(7-12(14)16)15(19)17-20/h6-9,13,20H,3-5H2,1-2H3,(H,17,19)/t8-,9+,13+/m1/s1. The number of amides is 1. The molecule has 4 nitrogen and oxygen atoms in total. The Morgan fingerprint density at radius 3 is 2.90 bits per heavy atom. The Hall–Kier alpha value is -1.46. The Labute approximate surface area is 117 Å². The Balaban J connectivity index is 2.04. The van der Waals surface area contributed by atoms with Gasteiger partial charge in [-0.3, -0.25) is 14.9 Å². The average Bonchev–Trinajstić information content (AvgIpc) is 2.73. The molecule has 0 aliphatic carbocycles. The van der Waals surface area contributed by atoms with Gasteiger partial charge in [0, 0.05) is 29.8 Å². The molecule has 3 rings (SSSR count). The predicted molar refractivity (Wildman–Crippen MR) is 72.0 cm³/mol. The smallest absolute Gasteiger partial charge is 0.274 e. The second-order valence-electron chi connectivity index (χ2n) is 5.93. The number of fused-ring (bicyclic) bond motifs is 3. The summed E-state index contributed by atoms with van der Waals surface area (Å²) >= 11 is 0. The third-order valence-electron chi connectivity index (χ3n) is 4.89. The maximum Gasteiger partial charge on any atom is 0.274 e. The summed E-state index contributed by atoms with van der Waals surface area (Å²) in [5.41, 5.74) is 3.37. The largest absolute Gasteiger partial charge is 0.293 e. The van der Waals surface area contributed by atoms with Crippen LogP contribution in [0.4, 0.5) is 4.39 Å². The van der Waals surface area contributed by atoms with Crippen LogP contribution < -0.4 is 5.48 Å². The number of benzene rings is 1. The third-order valence-corrected chi connectivity index (χ3v) is 4.89. The van der Waals surface area contributed by atoms with Gasteiger partial charge in [-0.05, 0) is 43.4 Å². The van der Waals surface area contributed by atoms with Crippen molar-refractivity contribution >= 4 is 5.91 Å². The molecule has 0 radical (unpaired) electrons. The summed E-state index contributed by atoms with van der Waals surface area (Å²) in [6.45, 7) is 5.29. The van der Waals surface area contributed by atoms with Crippen LogP contribution in [0.3, 0.4) is 0 Å². The van der Waals surface area contributed by atoms with E-state index in [0.717, 1.165) is 30.5 Å². The van der Waals surface area contributed by atoms with Gasteiger partial charge in [0.1, 0.15) is 5.82 Å². The van der Waals surface area contributed by atoms with Crippen molar-refractivity contribution in [3.63, 3.8) is 0 Å². The van der Waals surface area contributed by atoms with Gasteiger partial charge in [-0.25, -0.2) is 9.87 Å². The fourth-order valence-electron chi connectivity index (χ4n) is 3.64. The number of hydrogen-bond acceptors (Lipinski definition) is 3. The number of carbonyl (C=O) groups excluding carboxylic acids is 1. The Kier molecular flexibility index (Phi) is 3.26. The van der Waals surface area contributed by atoms with Gasteiger partial charge in [-0.1, -0.05) is 6.92 Å². The van der Waals surface area contributed by atoms with E-state index < -0.39 is 5.91 Å². The van der Waals surface area contributed by atoms with Gasteiger partial charge in [-0.2, -0.15) is 0 Å². The van der Waals surface area contributed by atoms with Gasteiger partial charge in [0.15, 0.2) is 0 Å². The van der Waals surface area contributed by atoms with Crippen LogP contribution in [0.25, 0.3) is 0 Å². The lowest BCUT2D eigenvalue weighted by molar-refractivity contribution is 0.0705. The van der Waals surface area contributed by atoms with Gasteiger partial charge in [-0.15, -0.1) is 0 Å². The van der Waals surface area contributed by atoms with Crippen molar-refractivity contribution in [1.82, 2.24) is 10.4 Å². The molecule has 1 amide bonds. The van der Waals surface area contributed by atoms with Crippen molar-refractivity contribution in [2.45, 2.75) is 38.8 Å². The molecule has 1 saturated heterocycles. The molecule has 1 aromatic carbocycles. The summed E-state index contributed by atoms with van der Waals surface area (Å²) in [5, 5.41) is 8.67. The SMILES string of the molecule is C[C@@H]1C[C@H]2c3c(F)cc(C(=O)NO)cc3CCN2[C@H]1C. The molecule has 108 valence electrons. The minimum atomic E-state index is -0.665. The molecule has 3 atom stereocenters. The van der Waals surface area contributed by atoms with E-state index in [1.165, 1.54) is 6.07 Å². The molecule has 0 spiro atoms. The fourth-order valence-corrected chi connectivity index (χ4v) is 3.64. The first-order chi connectivity index (χ1) is 9.52. The fraction of sp³-hybridized carbons (Fsp3) is 0.533. The quantitative estimate of drug-likeness (QED) is 0.612. The molecule has 0 bridgehead atoms. The van der Waals surface area contributed by atoms with E-state index in [1.807, 2.05) is 0 Å². The predicted octanol–water partition coefficient (Wildman–Crippen LogP) is 2.27. The van der Waals surface area contributed by atoms with Crippen LogP contribution in [0.1, 0.15) is 47.8 Å². The number of nitrogens with zero attached hydrogens (tertiary/aromatic N) is 1. The minimum Gasteiger partial charge on any atom is -0.293 e. The van der Waals surface area contributed by atoms with E-state index >= 15 is 0 Å². The zero-order chi connectivity index (χ0) is 14.4. The summed E-state index contributed by atoms with van der Waals surface area (Å²) < 4.78 is 14.4. The highest BCUT2D eigenvalue weighted by Crippen LogP contribution is 2.44. The number of hydroxylamine groups is 1. The maximum absolute atomic E-state index is 14.4. The Morgan fingerprint density at radius 1 is 1.45 bits per heavy atom. The number of halogens is 1. The van der Waals surface area contributed by atoms with Gasteiger partial charge in [0.2, 0.25) is 0 Å². The topological polar surface area (TPSA) is 52.6 Å². The zero-order valence-electron chi connectivity index (χ0n) is 11.7. The van der Waals surface area contributed by atoms with Crippen molar-refractivity contribution in [1.29, 1.82) is 0 Å². The van der Waals surface area contributed by atoms with Crippen molar-refractivity contribution in [3.05, 3.63) is 34.6 Å². The van der Waals surface area contributed by atoms with E-state index in [4.69, 9.17) is 5.21 Å². The number of rotatable bonds is 1. The summed E-state index contributed by atoms with van der Waals surface area (Å²) in [6, 6.07) is 3.51. The van der Waals surface area contributed by atoms with Gasteiger partial charge in [0.25, 0.3) is 5.91 Å². The molecular weight excluding hydrogens is 259 g/mol. The summed E-state index contributed by atoms with van der Waals surface area (Å²) in [5.74, 6) is -0.454. The van der Waals surface area contributed by atoms with Crippen LogP contribution in [0.15, 0.2) is 12.1 Å². The molecule has 1 fully saturated rings. The molecule has 2 aliphatic heterocycles. The van der Waals surface area contributed by atoms with Crippen LogP contribution >= 0.6 is 0 Å². The monoisotopic (exact) mass is 278 g/mol. The van der Waals surface area contributed by atoms with E-state index in [1.54, 1.807) is 11.5 Å². The van der Waals surface area contributed by atoms with Crippen LogP contribution in [0, 0.1) is 11.7 Å². The molecule has 0 aromatic heterocycles. The number of nitrogens with one attached hydrogen (secondary N) is 1. The molecule has 2 N–H and O–H groups in total. The first-order valence-corrected chi connectivity index (χ1v) is 7.05. The molecular formula is C15H19FN2O2. The Bertz CT molecular complexity index is 561. The minimum absolute atomic E-state index is 0.120. The van der Waals surface area contributed by atoms with Crippen LogP contribution in [-0.4, -0.2) is 28.6 Å². The lowest BCUT2D eigenvalue weighted by Crippen LogP contribution is -2.37. The van der Waals surface area contributed by atoms with Crippen molar-refractivity contribution < 1.29 is 14.4 Å². The lowest BCUT2D eigenvalue weighted by Gasteiger charge is -2.35. The average molecular weight is 278 g/mol. The van der Waals surface area contributed by atoms with Gasteiger partial charge >= 0.3 is 0 Å². The molecule has 20 heavy (non-hydrogen) atoms. The van der Waals surface area contributed by atoms with Crippen LogP contribution in [-0.2, 0) is 6.42 Å². The second-order valence-corrected chi connectivity index (χ2v) is 5.93. The van der Waals surface area contributed by atoms with Crippen molar-refractivity contribution in [2.75, 3.05) is 6.54 Å². The highest BCUT2D eigenvalue weighted by atomic mass is 19.1. The molecule has 0 unspecified atom stereocenters. The second kappa shape index (κ2) is 4.82. The van der Waals surface area contributed by atoms with Crippen molar-refractivity contribution in [2.24, 2.45) is 5.92 Å². The van der Waals surface area contributed by atoms with E-state index in [9.17, 15) is 9.18 Å². The number of hydrogen-bond donors (Lipinski definition) is 2. The number of carbonyl (C=O) groups is 1. The lowest BCUT2D eigenvalue weighted by atomic mass is 9.89. The molecule has 1 aromatic rings. The molecule has 2 aliphatic rings. The highest BCUT2D eigenvalue weighted by molar-refractivity contribution is 5.93. The van der Waals surface area contributed by atoms with E-state index in [-0.39, 0.29) is 17.4 Å². The van der Waals surface area contributed by atoms with E-state index in [2.05, 4.69) is 18.7 Å². The van der Waals surface area contributed by atoms with E-state index in [0.29, 0.717) is 12.0 Å². The third kappa shape index (κ3) is 1.93. The highest BCUT2D eigenvalue weighted by Gasteiger charge is 2.41. The Morgan fingerprint density at radius 2 is 2.20 bits per heavy atom. The van der Waals surface area contributed by atoms with Crippen LogP contribution in [0.2, 0.25) is 0 Å². The van der Waals surface area contributed by atoms with Gasteiger partial charge in [0.05, 0.1) is 0 Å². The molecule has 5 heteroatoms. The van der Waals surface area contributed by atoms with Gasteiger partial charge < -0.3 is 0 Å². The summed E-state index contributed by atoms with van der Waals surface area (Å²) in [4.78, 5) is 13.8. The first kappa shape index (κ1) is 13.5. The normalized spacial score (nSPS) is 28.9. The zero-order valence-corrected chi connectivity index (χ0v) is 11.7. The summed E-state index contributed by atoms with van der Waals surface area (Å²) in [7, 11) is 0. The van der Waals surface area contributed by atoms with Crippen molar-refractivity contribution in [3.8, 4) is 0 Å². The first-order valence-electron chi connectivity index (χ1n) is 7.05. The summed E-state index contributed by atoms with van der Waals surface area (Å²) in [6.07, 6.45) is 1.70. The molecule has 2 heterocycles. The molecule has 0 saturated carbocycles. The van der Waals surface area contributed by atoms with Crippen LogP contribution in [0.5, 0.6) is 0 Å².